The molecule has 1 saturated carbocycles. The number of rotatable bonds is 3. The molecule has 1 fully saturated rings. The molecule has 0 amide bonds. The highest BCUT2D eigenvalue weighted by molar-refractivity contribution is 6.28. The molecule has 0 saturated heterocycles. The molecule has 2 rings (SSSR count). The highest BCUT2D eigenvalue weighted by Gasteiger charge is 2.33. The van der Waals surface area contributed by atoms with Gasteiger partial charge < -0.3 is 4.57 Å². The van der Waals surface area contributed by atoms with E-state index in [0.717, 1.165) is 12.4 Å². The number of halogens is 1. The monoisotopic (exact) mass is 227 g/mol. The van der Waals surface area contributed by atoms with Gasteiger partial charge in [-0.3, -0.25) is 0 Å². The van der Waals surface area contributed by atoms with Gasteiger partial charge in [-0.15, -0.1) is 10.2 Å². The molecule has 0 N–H and O–H groups in total. The molecule has 1 aromatic heterocycles. The Morgan fingerprint density at radius 3 is 2.47 bits per heavy atom. The van der Waals surface area contributed by atoms with Crippen LogP contribution in [-0.2, 0) is 6.54 Å². The first-order valence-electron chi connectivity index (χ1n) is 5.72. The van der Waals surface area contributed by atoms with Gasteiger partial charge in [-0.2, -0.15) is 0 Å². The number of hydrogen-bond donors (Lipinski definition) is 0. The van der Waals surface area contributed by atoms with E-state index >= 15 is 0 Å². The Morgan fingerprint density at radius 1 is 1.33 bits per heavy atom. The number of aryl methyl sites for hydroxylation is 1. The van der Waals surface area contributed by atoms with Crippen LogP contribution in [0.25, 0.3) is 0 Å². The molecule has 1 aliphatic rings. The SMILES string of the molecule is CCC1(Cn2c(C)nnc2Cl)CCCC1. The van der Waals surface area contributed by atoms with Gasteiger partial charge in [-0.1, -0.05) is 19.8 Å². The van der Waals surface area contributed by atoms with Crippen molar-refractivity contribution in [2.45, 2.75) is 52.5 Å². The van der Waals surface area contributed by atoms with Crippen LogP contribution in [0.5, 0.6) is 0 Å². The smallest absolute Gasteiger partial charge is 0.225 e. The van der Waals surface area contributed by atoms with Crippen LogP contribution in [0.2, 0.25) is 5.28 Å². The van der Waals surface area contributed by atoms with E-state index in [1.165, 1.54) is 32.1 Å². The maximum absolute atomic E-state index is 6.03. The highest BCUT2D eigenvalue weighted by Crippen LogP contribution is 2.42. The Balaban J connectivity index is 2.19. The van der Waals surface area contributed by atoms with E-state index < -0.39 is 0 Å². The van der Waals surface area contributed by atoms with Crippen LogP contribution >= 0.6 is 11.6 Å². The first-order chi connectivity index (χ1) is 7.17. The second-order valence-corrected chi connectivity index (χ2v) is 5.00. The Labute approximate surface area is 95.8 Å². The van der Waals surface area contributed by atoms with Crippen molar-refractivity contribution in [3.8, 4) is 0 Å². The van der Waals surface area contributed by atoms with Crippen LogP contribution in [0.3, 0.4) is 0 Å². The molecule has 1 aromatic rings. The van der Waals surface area contributed by atoms with Crippen LogP contribution < -0.4 is 0 Å². The summed E-state index contributed by atoms with van der Waals surface area (Å²) in [6, 6.07) is 0. The molecule has 0 spiro atoms. The Bertz CT molecular complexity index is 320. The maximum atomic E-state index is 6.03. The van der Waals surface area contributed by atoms with E-state index in [9.17, 15) is 0 Å². The molecular formula is C11H18ClN3. The first-order valence-corrected chi connectivity index (χ1v) is 6.10. The summed E-state index contributed by atoms with van der Waals surface area (Å²) >= 11 is 6.03. The highest BCUT2D eigenvalue weighted by atomic mass is 35.5. The topological polar surface area (TPSA) is 30.7 Å². The van der Waals surface area contributed by atoms with Gasteiger partial charge in [0, 0.05) is 6.54 Å². The maximum Gasteiger partial charge on any atom is 0.225 e. The fourth-order valence-electron chi connectivity index (χ4n) is 2.62. The fraction of sp³-hybridized carbons (Fsp3) is 0.818. The quantitative estimate of drug-likeness (QED) is 0.794. The lowest BCUT2D eigenvalue weighted by atomic mass is 9.83. The molecule has 0 unspecified atom stereocenters. The van der Waals surface area contributed by atoms with E-state index in [2.05, 4.69) is 21.7 Å². The predicted octanol–water partition coefficient (Wildman–Crippen LogP) is 3.21. The zero-order chi connectivity index (χ0) is 10.9. The summed E-state index contributed by atoms with van der Waals surface area (Å²) in [6.45, 7) is 5.23. The van der Waals surface area contributed by atoms with Crippen molar-refractivity contribution in [2.24, 2.45) is 5.41 Å². The third kappa shape index (κ3) is 2.03. The van der Waals surface area contributed by atoms with Gasteiger partial charge in [0.2, 0.25) is 5.28 Å². The molecule has 0 radical (unpaired) electrons. The van der Waals surface area contributed by atoms with E-state index in [1.54, 1.807) is 0 Å². The summed E-state index contributed by atoms with van der Waals surface area (Å²) in [7, 11) is 0. The minimum atomic E-state index is 0.441. The molecule has 0 aliphatic heterocycles. The van der Waals surface area contributed by atoms with Crippen LogP contribution in [0.15, 0.2) is 0 Å². The summed E-state index contributed by atoms with van der Waals surface area (Å²) < 4.78 is 2.05. The van der Waals surface area contributed by atoms with Crippen molar-refractivity contribution in [1.29, 1.82) is 0 Å². The minimum absolute atomic E-state index is 0.441. The number of hydrogen-bond acceptors (Lipinski definition) is 2. The van der Waals surface area contributed by atoms with E-state index in [1.807, 2.05) is 6.92 Å². The second-order valence-electron chi connectivity index (χ2n) is 4.66. The minimum Gasteiger partial charge on any atom is -0.301 e. The van der Waals surface area contributed by atoms with Crippen molar-refractivity contribution in [2.75, 3.05) is 0 Å². The lowest BCUT2D eigenvalue weighted by Gasteiger charge is -2.28. The predicted molar refractivity (Wildman–Crippen MR) is 61.0 cm³/mol. The van der Waals surface area contributed by atoms with Crippen molar-refractivity contribution in [3.63, 3.8) is 0 Å². The van der Waals surface area contributed by atoms with Crippen LogP contribution in [-0.4, -0.2) is 14.8 Å². The van der Waals surface area contributed by atoms with Crippen molar-refractivity contribution in [1.82, 2.24) is 14.8 Å². The summed E-state index contributed by atoms with van der Waals surface area (Å²) in [5.41, 5.74) is 0.441. The summed E-state index contributed by atoms with van der Waals surface area (Å²) in [5, 5.41) is 8.44. The van der Waals surface area contributed by atoms with Crippen LogP contribution in [0, 0.1) is 12.3 Å². The van der Waals surface area contributed by atoms with E-state index in [0.29, 0.717) is 10.7 Å². The van der Waals surface area contributed by atoms with Gasteiger partial charge >= 0.3 is 0 Å². The van der Waals surface area contributed by atoms with Crippen LogP contribution in [0.4, 0.5) is 0 Å². The molecule has 3 nitrogen and oxygen atoms in total. The molecular weight excluding hydrogens is 210 g/mol. The fourth-order valence-corrected chi connectivity index (χ4v) is 2.84. The number of aromatic nitrogens is 3. The normalized spacial score (nSPS) is 19.7. The van der Waals surface area contributed by atoms with Gasteiger partial charge in [0.1, 0.15) is 5.82 Å². The Morgan fingerprint density at radius 2 is 2.00 bits per heavy atom. The third-order valence-corrected chi connectivity index (χ3v) is 4.08. The molecule has 0 atom stereocenters. The van der Waals surface area contributed by atoms with E-state index in [-0.39, 0.29) is 0 Å². The van der Waals surface area contributed by atoms with Gasteiger partial charge in [-0.05, 0) is 43.2 Å². The molecule has 0 bridgehead atoms. The molecule has 0 aromatic carbocycles. The summed E-state index contributed by atoms with van der Waals surface area (Å²) in [4.78, 5) is 0. The van der Waals surface area contributed by atoms with Gasteiger partial charge in [-0.25, -0.2) is 0 Å². The van der Waals surface area contributed by atoms with Gasteiger partial charge in [0.05, 0.1) is 0 Å². The van der Waals surface area contributed by atoms with E-state index in [4.69, 9.17) is 11.6 Å². The lowest BCUT2D eigenvalue weighted by molar-refractivity contribution is 0.235. The standard InChI is InChI=1S/C11H18ClN3/c1-3-11(6-4-5-7-11)8-15-9(2)13-14-10(15)12/h3-8H2,1-2H3. The number of nitrogens with zero attached hydrogens (tertiary/aromatic N) is 3. The van der Waals surface area contributed by atoms with Crippen molar-refractivity contribution in [3.05, 3.63) is 11.1 Å². The Hall–Kier alpha value is -0.570. The molecule has 1 aliphatic carbocycles. The van der Waals surface area contributed by atoms with Gasteiger partial charge in [0.25, 0.3) is 0 Å². The average molecular weight is 228 g/mol. The average Bonchev–Trinajstić information content (AvgIpc) is 2.81. The molecule has 15 heavy (non-hydrogen) atoms. The molecule has 4 heteroatoms. The summed E-state index contributed by atoms with van der Waals surface area (Å²) in [6.07, 6.45) is 6.56. The largest absolute Gasteiger partial charge is 0.301 e. The van der Waals surface area contributed by atoms with Crippen molar-refractivity contribution >= 4 is 11.6 Å². The van der Waals surface area contributed by atoms with Crippen molar-refractivity contribution < 1.29 is 0 Å². The molecule has 84 valence electrons. The Kier molecular flexibility index (Phi) is 3.01. The zero-order valence-corrected chi connectivity index (χ0v) is 10.2. The molecule has 1 heterocycles. The second kappa shape index (κ2) is 4.12. The lowest BCUT2D eigenvalue weighted by Crippen LogP contribution is -2.23. The first kappa shape index (κ1) is 10.9. The zero-order valence-electron chi connectivity index (χ0n) is 9.46. The third-order valence-electron chi connectivity index (χ3n) is 3.80. The summed E-state index contributed by atoms with van der Waals surface area (Å²) in [5.74, 6) is 0.930. The van der Waals surface area contributed by atoms with Crippen LogP contribution in [0.1, 0.15) is 44.9 Å². The van der Waals surface area contributed by atoms with Gasteiger partial charge in [0.15, 0.2) is 0 Å².